The Morgan fingerprint density at radius 1 is 1.60 bits per heavy atom. The van der Waals surface area contributed by atoms with Crippen LogP contribution in [0.2, 0.25) is 0 Å². The Morgan fingerprint density at radius 3 is 3.20 bits per heavy atom. The van der Waals surface area contributed by atoms with E-state index < -0.39 is 6.10 Å². The second kappa shape index (κ2) is 4.72. The third kappa shape index (κ3) is 2.35. The van der Waals surface area contributed by atoms with E-state index in [1.165, 1.54) is 0 Å². The molecule has 0 aromatic carbocycles. The number of hydrogen-bond acceptors (Lipinski definition) is 4. The number of ether oxygens (including phenoxy) is 1. The molecule has 1 aromatic rings. The smallest absolute Gasteiger partial charge is 0.156 e. The number of hydrogen-bond donors (Lipinski definition) is 1. The first-order valence-corrected chi connectivity index (χ1v) is 5.42. The molecule has 1 aromatic heterocycles. The van der Waals surface area contributed by atoms with Crippen LogP contribution in [-0.4, -0.2) is 33.6 Å². The van der Waals surface area contributed by atoms with Crippen molar-refractivity contribution in [3.63, 3.8) is 0 Å². The minimum absolute atomic E-state index is 0.428. The summed E-state index contributed by atoms with van der Waals surface area (Å²) in [5.74, 6) is 1.55. The highest BCUT2D eigenvalue weighted by Crippen LogP contribution is 2.22. The van der Waals surface area contributed by atoms with E-state index in [0.717, 1.165) is 50.5 Å². The van der Waals surface area contributed by atoms with Crippen molar-refractivity contribution in [1.82, 2.24) is 14.8 Å². The lowest BCUT2D eigenvalue weighted by molar-refractivity contribution is 0.130. The summed E-state index contributed by atoms with van der Waals surface area (Å²) >= 11 is 0. The molecule has 0 saturated carbocycles. The minimum atomic E-state index is -0.428. The Hall–Kier alpha value is -0.940. The highest BCUT2D eigenvalue weighted by atomic mass is 16.5. The summed E-state index contributed by atoms with van der Waals surface area (Å²) in [6, 6.07) is 0. The second-order valence-corrected chi connectivity index (χ2v) is 3.86. The van der Waals surface area contributed by atoms with E-state index in [2.05, 4.69) is 10.1 Å². The molecule has 0 aliphatic carbocycles. The zero-order chi connectivity index (χ0) is 10.7. The van der Waals surface area contributed by atoms with Gasteiger partial charge in [0.15, 0.2) is 11.6 Å². The van der Waals surface area contributed by atoms with Crippen molar-refractivity contribution in [2.45, 2.75) is 38.3 Å². The van der Waals surface area contributed by atoms with Crippen LogP contribution in [0.4, 0.5) is 0 Å². The predicted octanol–water partition coefficient (Wildman–Crippen LogP) is 0.684. The van der Waals surface area contributed by atoms with Crippen LogP contribution in [0.1, 0.15) is 37.0 Å². The fourth-order valence-electron chi connectivity index (χ4n) is 1.86. The normalized spacial score (nSPS) is 20.3. The fourth-order valence-corrected chi connectivity index (χ4v) is 1.86. The summed E-state index contributed by atoms with van der Waals surface area (Å²) in [5, 5.41) is 14.1. The average Bonchev–Trinajstić information content (AvgIpc) is 2.63. The van der Waals surface area contributed by atoms with Gasteiger partial charge in [0, 0.05) is 26.7 Å². The highest BCUT2D eigenvalue weighted by molar-refractivity contribution is 4.99. The zero-order valence-corrected chi connectivity index (χ0v) is 9.02. The quantitative estimate of drug-likeness (QED) is 0.744. The molecule has 84 valence electrons. The van der Waals surface area contributed by atoms with Crippen molar-refractivity contribution in [2.24, 2.45) is 0 Å². The van der Waals surface area contributed by atoms with Gasteiger partial charge in [0.1, 0.15) is 6.10 Å². The number of fused-ring (bicyclic) bond motifs is 1. The molecule has 0 saturated heterocycles. The number of aromatic nitrogens is 3. The van der Waals surface area contributed by atoms with Crippen molar-refractivity contribution >= 4 is 0 Å². The molecule has 1 aliphatic heterocycles. The Bertz CT molecular complexity index is 324. The molecular formula is C10H17N3O2. The van der Waals surface area contributed by atoms with Crippen LogP contribution in [0.5, 0.6) is 0 Å². The van der Waals surface area contributed by atoms with Crippen molar-refractivity contribution in [3.05, 3.63) is 11.6 Å². The summed E-state index contributed by atoms with van der Waals surface area (Å²) in [6.07, 6.45) is 3.10. The van der Waals surface area contributed by atoms with Crippen LogP contribution < -0.4 is 0 Å². The van der Waals surface area contributed by atoms with E-state index in [4.69, 9.17) is 4.74 Å². The van der Waals surface area contributed by atoms with E-state index in [9.17, 15) is 5.11 Å². The molecule has 0 radical (unpaired) electrons. The molecule has 2 heterocycles. The molecule has 5 nitrogen and oxygen atoms in total. The third-order valence-corrected chi connectivity index (χ3v) is 2.64. The van der Waals surface area contributed by atoms with Crippen LogP contribution in [0.25, 0.3) is 0 Å². The van der Waals surface area contributed by atoms with Crippen LogP contribution in [0.3, 0.4) is 0 Å². The Balaban J connectivity index is 2.01. The maximum absolute atomic E-state index is 9.70. The standard InChI is InChI=1S/C10H17N3O2/c1-15-7-3-5-9-11-10-8(14)4-2-6-13(10)12-9/h8,14H,2-7H2,1H3. The number of rotatable bonds is 4. The molecular weight excluding hydrogens is 194 g/mol. The largest absolute Gasteiger partial charge is 0.385 e. The Labute approximate surface area is 89.1 Å². The molecule has 15 heavy (non-hydrogen) atoms. The van der Waals surface area contributed by atoms with Gasteiger partial charge < -0.3 is 9.84 Å². The van der Waals surface area contributed by atoms with E-state index >= 15 is 0 Å². The summed E-state index contributed by atoms with van der Waals surface area (Å²) in [6.45, 7) is 1.61. The maximum Gasteiger partial charge on any atom is 0.156 e. The van der Waals surface area contributed by atoms with Crippen molar-refractivity contribution in [2.75, 3.05) is 13.7 Å². The lowest BCUT2D eigenvalue weighted by atomic mass is 10.1. The lowest BCUT2D eigenvalue weighted by Gasteiger charge is -2.16. The van der Waals surface area contributed by atoms with E-state index in [-0.39, 0.29) is 0 Å². The average molecular weight is 211 g/mol. The van der Waals surface area contributed by atoms with E-state index in [1.54, 1.807) is 7.11 Å². The van der Waals surface area contributed by atoms with Gasteiger partial charge in [0.25, 0.3) is 0 Å². The third-order valence-electron chi connectivity index (χ3n) is 2.64. The van der Waals surface area contributed by atoms with Gasteiger partial charge in [-0.3, -0.25) is 0 Å². The molecule has 2 rings (SSSR count). The summed E-state index contributed by atoms with van der Waals surface area (Å²) in [4.78, 5) is 4.35. The zero-order valence-electron chi connectivity index (χ0n) is 9.02. The minimum Gasteiger partial charge on any atom is -0.385 e. The topological polar surface area (TPSA) is 60.2 Å². The van der Waals surface area contributed by atoms with Gasteiger partial charge in [-0.1, -0.05) is 0 Å². The second-order valence-electron chi connectivity index (χ2n) is 3.86. The van der Waals surface area contributed by atoms with Crippen molar-refractivity contribution in [1.29, 1.82) is 0 Å². The fraction of sp³-hybridized carbons (Fsp3) is 0.800. The van der Waals surface area contributed by atoms with Crippen molar-refractivity contribution < 1.29 is 9.84 Å². The van der Waals surface area contributed by atoms with E-state index in [1.807, 2.05) is 4.68 Å². The van der Waals surface area contributed by atoms with Crippen molar-refractivity contribution in [3.8, 4) is 0 Å². The van der Waals surface area contributed by atoms with Gasteiger partial charge in [-0.2, -0.15) is 5.10 Å². The first-order valence-electron chi connectivity index (χ1n) is 5.42. The van der Waals surface area contributed by atoms with E-state index in [0.29, 0.717) is 0 Å². The van der Waals surface area contributed by atoms with Gasteiger partial charge in [-0.05, 0) is 19.3 Å². The molecule has 5 heteroatoms. The number of aliphatic hydroxyl groups excluding tert-OH is 1. The number of aliphatic hydroxyl groups is 1. The maximum atomic E-state index is 9.70. The van der Waals surface area contributed by atoms with Crippen LogP contribution in [-0.2, 0) is 17.7 Å². The molecule has 0 spiro atoms. The summed E-state index contributed by atoms with van der Waals surface area (Å²) in [7, 11) is 1.69. The first kappa shape index (κ1) is 10.6. The lowest BCUT2D eigenvalue weighted by Crippen LogP contribution is -2.16. The van der Waals surface area contributed by atoms with Gasteiger partial charge in [0.2, 0.25) is 0 Å². The Kier molecular flexibility index (Phi) is 3.33. The van der Waals surface area contributed by atoms with Crippen LogP contribution in [0, 0.1) is 0 Å². The van der Waals surface area contributed by atoms with Gasteiger partial charge in [-0.15, -0.1) is 0 Å². The number of nitrogens with zero attached hydrogens (tertiary/aromatic N) is 3. The molecule has 1 N–H and O–H groups in total. The molecule has 1 unspecified atom stereocenters. The first-order chi connectivity index (χ1) is 7.31. The van der Waals surface area contributed by atoms with Crippen LogP contribution in [0.15, 0.2) is 0 Å². The molecule has 1 atom stereocenters. The highest BCUT2D eigenvalue weighted by Gasteiger charge is 2.21. The van der Waals surface area contributed by atoms with Gasteiger partial charge in [0.05, 0.1) is 0 Å². The monoisotopic (exact) mass is 211 g/mol. The number of methoxy groups -OCH3 is 1. The predicted molar refractivity (Wildman–Crippen MR) is 54.4 cm³/mol. The molecule has 0 fully saturated rings. The molecule has 1 aliphatic rings. The number of aryl methyl sites for hydroxylation is 2. The van der Waals surface area contributed by atoms with Crippen LogP contribution >= 0.6 is 0 Å². The molecule has 0 bridgehead atoms. The molecule has 0 amide bonds. The summed E-state index contributed by atoms with van der Waals surface area (Å²) in [5.41, 5.74) is 0. The SMILES string of the molecule is COCCCc1nc2n(n1)CCCC2O. The summed E-state index contributed by atoms with van der Waals surface area (Å²) < 4.78 is 6.80. The van der Waals surface area contributed by atoms with Gasteiger partial charge in [-0.25, -0.2) is 9.67 Å². The van der Waals surface area contributed by atoms with Gasteiger partial charge >= 0.3 is 0 Å². The Morgan fingerprint density at radius 2 is 2.47 bits per heavy atom.